The number of amides is 1. The highest BCUT2D eigenvalue weighted by Crippen LogP contribution is 2.14. The van der Waals surface area contributed by atoms with Gasteiger partial charge in [0.2, 0.25) is 0 Å². The van der Waals surface area contributed by atoms with E-state index in [-0.39, 0.29) is 6.54 Å². The van der Waals surface area contributed by atoms with E-state index in [1.165, 1.54) is 0 Å². The smallest absolute Gasteiger partial charge is 0.362 e. The third-order valence-electron chi connectivity index (χ3n) is 2.81. The summed E-state index contributed by atoms with van der Waals surface area (Å²) in [7, 11) is 1.58. The van der Waals surface area contributed by atoms with E-state index in [9.17, 15) is 9.59 Å². The Balaban J connectivity index is 1.74. The molecule has 0 aliphatic rings. The second kappa shape index (κ2) is 7.68. The van der Waals surface area contributed by atoms with Gasteiger partial charge >= 0.3 is 5.97 Å². The minimum absolute atomic E-state index is 0.0194. The van der Waals surface area contributed by atoms with Crippen molar-refractivity contribution in [3.63, 3.8) is 0 Å². The van der Waals surface area contributed by atoms with Crippen LogP contribution in [-0.2, 0) is 9.63 Å². The number of carbonyl (C=O) groups is 2. The molecule has 0 heterocycles. The molecular weight excluding hydrogens is 284 g/mol. The lowest BCUT2D eigenvalue weighted by molar-refractivity contribution is -0.128. The molecule has 2 aromatic rings. The van der Waals surface area contributed by atoms with E-state index < -0.39 is 11.9 Å². The minimum Gasteiger partial charge on any atom is -0.497 e. The van der Waals surface area contributed by atoms with E-state index >= 15 is 0 Å². The normalized spacial score (nSPS) is 9.68. The average Bonchev–Trinajstić information content (AvgIpc) is 2.59. The van der Waals surface area contributed by atoms with Crippen LogP contribution in [0.3, 0.4) is 0 Å². The van der Waals surface area contributed by atoms with Crippen molar-refractivity contribution >= 4 is 17.6 Å². The Morgan fingerprint density at radius 3 is 2.32 bits per heavy atom. The molecule has 22 heavy (non-hydrogen) atoms. The van der Waals surface area contributed by atoms with Gasteiger partial charge in [-0.15, -0.1) is 0 Å². The summed E-state index contributed by atoms with van der Waals surface area (Å²) < 4.78 is 5.04. The van der Waals surface area contributed by atoms with Gasteiger partial charge < -0.3 is 14.9 Å². The lowest BCUT2D eigenvalue weighted by atomic mass is 10.2. The second-order valence-electron chi connectivity index (χ2n) is 4.36. The van der Waals surface area contributed by atoms with Crippen molar-refractivity contribution in [3.05, 3.63) is 60.2 Å². The molecule has 0 spiro atoms. The Morgan fingerprint density at radius 2 is 1.68 bits per heavy atom. The second-order valence-corrected chi connectivity index (χ2v) is 4.36. The number of rotatable bonds is 5. The van der Waals surface area contributed by atoms with E-state index in [2.05, 4.69) is 10.8 Å². The number of hydrogen-bond acceptors (Lipinski definition) is 5. The molecule has 2 rings (SSSR count). The fourth-order valence-corrected chi connectivity index (χ4v) is 1.66. The zero-order chi connectivity index (χ0) is 15.8. The first kappa shape index (κ1) is 15.4. The summed E-state index contributed by atoms with van der Waals surface area (Å²) >= 11 is 0. The summed E-state index contributed by atoms with van der Waals surface area (Å²) in [5.74, 6) is -0.342. The summed E-state index contributed by atoms with van der Waals surface area (Å²) in [5.41, 5.74) is 3.22. The predicted molar refractivity (Wildman–Crippen MR) is 81.5 cm³/mol. The highest BCUT2D eigenvalue weighted by molar-refractivity contribution is 5.90. The number of hydroxylamine groups is 1. The Hall–Kier alpha value is -3.02. The molecule has 0 aliphatic carbocycles. The van der Waals surface area contributed by atoms with Crippen LogP contribution in [0.25, 0.3) is 0 Å². The first-order chi connectivity index (χ1) is 10.7. The van der Waals surface area contributed by atoms with Crippen LogP contribution in [0.4, 0.5) is 5.69 Å². The molecule has 0 saturated carbocycles. The van der Waals surface area contributed by atoms with Gasteiger partial charge in [-0.2, -0.15) is 5.48 Å². The molecule has 0 bridgehead atoms. The van der Waals surface area contributed by atoms with E-state index in [1.54, 1.807) is 61.7 Å². The number of benzene rings is 2. The van der Waals surface area contributed by atoms with Crippen molar-refractivity contribution in [2.45, 2.75) is 0 Å². The third-order valence-corrected chi connectivity index (χ3v) is 2.81. The Morgan fingerprint density at radius 1 is 1.00 bits per heavy atom. The predicted octanol–water partition coefficient (Wildman–Crippen LogP) is 2.00. The van der Waals surface area contributed by atoms with Gasteiger partial charge in [-0.05, 0) is 36.4 Å². The molecule has 6 heteroatoms. The number of anilines is 1. The first-order valence-electron chi connectivity index (χ1n) is 6.62. The van der Waals surface area contributed by atoms with E-state index in [0.29, 0.717) is 5.56 Å². The zero-order valence-corrected chi connectivity index (χ0v) is 12.0. The number of hydrogen-bond donors (Lipinski definition) is 2. The van der Waals surface area contributed by atoms with Gasteiger partial charge in [0.25, 0.3) is 5.91 Å². The van der Waals surface area contributed by atoms with E-state index in [1.807, 2.05) is 0 Å². The number of methoxy groups -OCH3 is 1. The molecule has 0 atom stereocenters. The number of carbonyl (C=O) groups excluding carboxylic acids is 2. The monoisotopic (exact) mass is 300 g/mol. The maximum absolute atomic E-state index is 11.6. The van der Waals surface area contributed by atoms with Crippen molar-refractivity contribution in [3.8, 4) is 5.75 Å². The van der Waals surface area contributed by atoms with Crippen molar-refractivity contribution in [1.29, 1.82) is 0 Å². The maximum atomic E-state index is 11.6. The van der Waals surface area contributed by atoms with Gasteiger partial charge in [0.1, 0.15) is 5.75 Å². The summed E-state index contributed by atoms with van der Waals surface area (Å²) in [6.45, 7) is -0.0194. The largest absolute Gasteiger partial charge is 0.497 e. The molecule has 114 valence electrons. The van der Waals surface area contributed by atoms with Crippen LogP contribution < -0.4 is 15.5 Å². The summed E-state index contributed by atoms with van der Waals surface area (Å²) in [5, 5.41) is 2.90. The van der Waals surface area contributed by atoms with Crippen molar-refractivity contribution < 1.29 is 19.2 Å². The maximum Gasteiger partial charge on any atom is 0.362 e. The van der Waals surface area contributed by atoms with Gasteiger partial charge in [-0.1, -0.05) is 18.2 Å². The zero-order valence-electron chi connectivity index (χ0n) is 12.0. The van der Waals surface area contributed by atoms with E-state index in [0.717, 1.165) is 11.4 Å². The fraction of sp³-hybridized carbons (Fsp3) is 0.125. The van der Waals surface area contributed by atoms with Gasteiger partial charge in [-0.25, -0.2) is 4.79 Å². The summed E-state index contributed by atoms with van der Waals surface area (Å²) in [6.07, 6.45) is 0. The van der Waals surface area contributed by atoms with Crippen molar-refractivity contribution in [2.75, 3.05) is 19.0 Å². The molecule has 0 aliphatic heterocycles. The summed E-state index contributed by atoms with van der Waals surface area (Å²) in [6, 6.07) is 15.5. The molecule has 1 amide bonds. The Kier molecular flexibility index (Phi) is 5.37. The lowest BCUT2D eigenvalue weighted by Crippen LogP contribution is -2.32. The van der Waals surface area contributed by atoms with Crippen molar-refractivity contribution in [1.82, 2.24) is 5.48 Å². The quantitative estimate of drug-likeness (QED) is 0.826. The highest BCUT2D eigenvalue weighted by atomic mass is 16.7. The third kappa shape index (κ3) is 4.52. The van der Waals surface area contributed by atoms with Crippen molar-refractivity contribution in [2.24, 2.45) is 0 Å². The SMILES string of the molecule is COc1ccc(NCC(=O)NOC(=O)c2ccccc2)cc1. The molecule has 0 aromatic heterocycles. The fourth-order valence-electron chi connectivity index (χ4n) is 1.66. The lowest BCUT2D eigenvalue weighted by Gasteiger charge is -2.08. The summed E-state index contributed by atoms with van der Waals surface area (Å²) in [4.78, 5) is 27.9. The van der Waals surface area contributed by atoms with Gasteiger partial charge in [-0.3, -0.25) is 4.79 Å². The van der Waals surface area contributed by atoms with Crippen LogP contribution in [0.2, 0.25) is 0 Å². The van der Waals surface area contributed by atoms with E-state index in [4.69, 9.17) is 9.57 Å². The van der Waals surface area contributed by atoms with Gasteiger partial charge in [0.15, 0.2) is 0 Å². The Labute approximate surface area is 128 Å². The topological polar surface area (TPSA) is 76.7 Å². The minimum atomic E-state index is -0.613. The molecule has 2 N–H and O–H groups in total. The molecule has 0 saturated heterocycles. The molecule has 0 fully saturated rings. The van der Waals surface area contributed by atoms with Gasteiger partial charge in [0, 0.05) is 5.69 Å². The molecule has 6 nitrogen and oxygen atoms in total. The number of nitrogens with one attached hydrogen (secondary N) is 2. The molecule has 2 aromatic carbocycles. The molecule has 0 radical (unpaired) electrons. The first-order valence-corrected chi connectivity index (χ1v) is 6.62. The van der Waals surface area contributed by atoms with Gasteiger partial charge in [0.05, 0.1) is 19.2 Å². The van der Waals surface area contributed by atoms with Crippen LogP contribution in [-0.4, -0.2) is 25.5 Å². The molecular formula is C16H16N2O4. The molecule has 0 unspecified atom stereocenters. The van der Waals surface area contributed by atoms with Crippen LogP contribution in [0.15, 0.2) is 54.6 Å². The van der Waals surface area contributed by atoms with Crippen LogP contribution in [0.1, 0.15) is 10.4 Å². The highest BCUT2D eigenvalue weighted by Gasteiger charge is 2.08. The van der Waals surface area contributed by atoms with Crippen LogP contribution in [0, 0.1) is 0 Å². The number of ether oxygens (including phenoxy) is 1. The van der Waals surface area contributed by atoms with Crippen LogP contribution >= 0.6 is 0 Å². The Bertz CT molecular complexity index is 626. The standard InChI is InChI=1S/C16H16N2O4/c1-21-14-9-7-13(8-10-14)17-11-15(19)18-22-16(20)12-5-3-2-4-6-12/h2-10,17H,11H2,1H3,(H,18,19). The average molecular weight is 300 g/mol. The van der Waals surface area contributed by atoms with Crippen LogP contribution in [0.5, 0.6) is 5.75 Å².